The zero-order chi connectivity index (χ0) is 15.5. The molecule has 2 N–H and O–H groups in total. The van der Waals surface area contributed by atoms with Crippen LogP contribution in [0.1, 0.15) is 60.0 Å². The topological polar surface area (TPSA) is 57.5 Å². The molecular weight excluding hydrogens is 276 g/mol. The lowest BCUT2D eigenvalue weighted by atomic mass is 9.55. The van der Waals surface area contributed by atoms with Crippen molar-refractivity contribution < 1.29 is 15.0 Å². The van der Waals surface area contributed by atoms with E-state index in [2.05, 4.69) is 19.1 Å². The molecule has 3 nitrogen and oxygen atoms in total. The van der Waals surface area contributed by atoms with Crippen molar-refractivity contribution in [1.29, 1.82) is 0 Å². The summed E-state index contributed by atoms with van der Waals surface area (Å²) in [7, 11) is 0. The third-order valence-electron chi connectivity index (χ3n) is 6.40. The lowest BCUT2D eigenvalue weighted by molar-refractivity contribution is 0.0692. The van der Waals surface area contributed by atoms with E-state index in [0.29, 0.717) is 23.2 Å². The van der Waals surface area contributed by atoms with Crippen LogP contribution in [0.25, 0.3) is 0 Å². The molecule has 1 saturated carbocycles. The number of aromatic carboxylic acids is 1. The van der Waals surface area contributed by atoms with E-state index in [1.54, 1.807) is 12.1 Å². The van der Waals surface area contributed by atoms with Crippen LogP contribution in [0.4, 0.5) is 0 Å². The molecule has 0 saturated heterocycles. The van der Waals surface area contributed by atoms with Crippen LogP contribution in [-0.4, -0.2) is 16.2 Å². The molecule has 0 radical (unpaired) electrons. The van der Waals surface area contributed by atoms with Gasteiger partial charge in [-0.1, -0.05) is 19.1 Å². The Kier molecular flexibility index (Phi) is 2.91. The molecule has 22 heavy (non-hydrogen) atoms. The summed E-state index contributed by atoms with van der Waals surface area (Å²) in [6, 6.07) is 3.44. The highest BCUT2D eigenvalue weighted by molar-refractivity contribution is 5.91. The highest BCUT2D eigenvalue weighted by atomic mass is 16.4. The lowest BCUT2D eigenvalue weighted by Crippen LogP contribution is -2.39. The normalized spacial score (nSPS) is 35.6. The van der Waals surface area contributed by atoms with E-state index in [9.17, 15) is 15.0 Å². The van der Waals surface area contributed by atoms with Gasteiger partial charge in [-0.25, -0.2) is 4.79 Å². The van der Waals surface area contributed by atoms with Crippen molar-refractivity contribution in [3.8, 4) is 5.75 Å². The van der Waals surface area contributed by atoms with Crippen LogP contribution < -0.4 is 0 Å². The summed E-state index contributed by atoms with van der Waals surface area (Å²) >= 11 is 0. The summed E-state index contributed by atoms with van der Waals surface area (Å²) in [6.07, 6.45) is 10.3. The molecule has 1 aromatic carbocycles. The maximum absolute atomic E-state index is 11.2. The Balaban J connectivity index is 1.74. The van der Waals surface area contributed by atoms with Crippen molar-refractivity contribution in [2.24, 2.45) is 17.3 Å². The Hall–Kier alpha value is -1.77. The second kappa shape index (κ2) is 4.61. The van der Waals surface area contributed by atoms with E-state index in [0.717, 1.165) is 24.8 Å². The number of aryl methyl sites for hydroxylation is 1. The van der Waals surface area contributed by atoms with Crippen molar-refractivity contribution in [3.05, 3.63) is 41.0 Å². The van der Waals surface area contributed by atoms with Crippen molar-refractivity contribution in [1.82, 2.24) is 0 Å². The molecule has 3 aliphatic rings. The average molecular weight is 298 g/mol. The number of allylic oxidation sites excluding steroid dienone is 2. The van der Waals surface area contributed by atoms with Gasteiger partial charge in [-0.2, -0.15) is 0 Å². The fourth-order valence-corrected chi connectivity index (χ4v) is 5.26. The molecule has 0 aromatic heterocycles. The zero-order valence-electron chi connectivity index (χ0n) is 12.9. The molecule has 1 fully saturated rings. The van der Waals surface area contributed by atoms with Crippen molar-refractivity contribution in [2.45, 2.75) is 44.9 Å². The predicted molar refractivity (Wildman–Crippen MR) is 84.2 cm³/mol. The van der Waals surface area contributed by atoms with Crippen LogP contribution in [-0.2, 0) is 6.42 Å². The Labute approximate surface area is 130 Å². The molecule has 3 aliphatic carbocycles. The molecule has 4 atom stereocenters. The highest BCUT2D eigenvalue weighted by Crippen LogP contribution is 2.58. The minimum atomic E-state index is -1.04. The van der Waals surface area contributed by atoms with Gasteiger partial charge in [0, 0.05) is 0 Å². The van der Waals surface area contributed by atoms with Crippen LogP contribution in [0.3, 0.4) is 0 Å². The van der Waals surface area contributed by atoms with Gasteiger partial charge in [0.15, 0.2) is 0 Å². The second-order valence-electron chi connectivity index (χ2n) is 7.47. The molecule has 4 rings (SSSR count). The molecule has 3 heteroatoms. The molecule has 1 aromatic rings. The summed E-state index contributed by atoms with van der Waals surface area (Å²) in [6.45, 7) is 2.39. The maximum Gasteiger partial charge on any atom is 0.339 e. The van der Waals surface area contributed by atoms with Gasteiger partial charge >= 0.3 is 5.97 Å². The molecule has 0 unspecified atom stereocenters. The minimum Gasteiger partial charge on any atom is -0.507 e. The largest absolute Gasteiger partial charge is 0.507 e. The molecule has 116 valence electrons. The van der Waals surface area contributed by atoms with Gasteiger partial charge in [0.05, 0.1) is 0 Å². The van der Waals surface area contributed by atoms with E-state index in [1.165, 1.54) is 18.4 Å². The van der Waals surface area contributed by atoms with Crippen LogP contribution in [0.5, 0.6) is 5.75 Å². The number of hydrogen-bond acceptors (Lipinski definition) is 2. The predicted octanol–water partition coefficient (Wildman–Crippen LogP) is 4.11. The Morgan fingerprint density at radius 3 is 2.91 bits per heavy atom. The van der Waals surface area contributed by atoms with Crippen LogP contribution in [0.2, 0.25) is 0 Å². The monoisotopic (exact) mass is 298 g/mol. The first-order valence-corrected chi connectivity index (χ1v) is 8.26. The summed E-state index contributed by atoms with van der Waals surface area (Å²) < 4.78 is 0. The van der Waals surface area contributed by atoms with Gasteiger partial charge in [0.25, 0.3) is 0 Å². The summed E-state index contributed by atoms with van der Waals surface area (Å²) in [5.74, 6) is 0.732. The zero-order valence-corrected chi connectivity index (χ0v) is 12.9. The molecular formula is C19H22O3. The van der Waals surface area contributed by atoms with Crippen LogP contribution in [0.15, 0.2) is 24.3 Å². The minimum absolute atomic E-state index is 0.0420. The van der Waals surface area contributed by atoms with Crippen molar-refractivity contribution in [3.63, 3.8) is 0 Å². The fourth-order valence-electron chi connectivity index (χ4n) is 5.26. The standard InChI is InChI=1S/C19H22O3/c1-19-7-2-3-16(19)13-5-4-11-9-15(18(21)22)17(20)10-14(11)12(13)6-8-19/h2,7,9-10,12-13,16,20H,3-6,8H2,1H3,(H,21,22)/t12-,13+,16-,19-/m0/s1. The van der Waals surface area contributed by atoms with Gasteiger partial charge in [0.1, 0.15) is 11.3 Å². The Morgan fingerprint density at radius 1 is 1.32 bits per heavy atom. The lowest BCUT2D eigenvalue weighted by Gasteiger charge is -2.49. The Bertz CT molecular complexity index is 676. The summed E-state index contributed by atoms with van der Waals surface area (Å²) in [4.78, 5) is 11.2. The molecule has 0 bridgehead atoms. The summed E-state index contributed by atoms with van der Waals surface area (Å²) in [5.41, 5.74) is 2.72. The third kappa shape index (κ3) is 1.84. The number of phenols is 1. The molecule has 0 amide bonds. The first-order valence-electron chi connectivity index (χ1n) is 8.26. The number of fused-ring (bicyclic) bond motifs is 5. The first-order chi connectivity index (χ1) is 10.5. The number of aromatic hydroxyl groups is 1. The number of hydrogen-bond donors (Lipinski definition) is 2. The maximum atomic E-state index is 11.2. The second-order valence-corrected chi connectivity index (χ2v) is 7.47. The van der Waals surface area contributed by atoms with E-state index in [4.69, 9.17) is 0 Å². The molecule has 0 spiro atoms. The molecule has 0 aliphatic heterocycles. The van der Waals surface area contributed by atoms with E-state index >= 15 is 0 Å². The third-order valence-corrected chi connectivity index (χ3v) is 6.40. The number of rotatable bonds is 1. The van der Waals surface area contributed by atoms with E-state index < -0.39 is 5.97 Å². The van der Waals surface area contributed by atoms with E-state index in [1.807, 2.05) is 0 Å². The number of carboxylic acids is 1. The van der Waals surface area contributed by atoms with Gasteiger partial charge < -0.3 is 10.2 Å². The summed E-state index contributed by atoms with van der Waals surface area (Å²) in [5, 5.41) is 19.3. The Morgan fingerprint density at radius 2 is 2.14 bits per heavy atom. The number of carbonyl (C=O) groups is 1. The quantitative estimate of drug-likeness (QED) is 0.767. The van der Waals surface area contributed by atoms with Gasteiger partial charge in [-0.15, -0.1) is 0 Å². The van der Waals surface area contributed by atoms with Gasteiger partial charge in [-0.05, 0) is 78.5 Å². The number of benzene rings is 1. The van der Waals surface area contributed by atoms with Crippen molar-refractivity contribution in [2.75, 3.05) is 0 Å². The van der Waals surface area contributed by atoms with E-state index in [-0.39, 0.29) is 11.3 Å². The van der Waals surface area contributed by atoms with Crippen LogP contribution >= 0.6 is 0 Å². The molecule has 0 heterocycles. The van der Waals surface area contributed by atoms with Crippen molar-refractivity contribution >= 4 is 5.97 Å². The smallest absolute Gasteiger partial charge is 0.339 e. The highest BCUT2D eigenvalue weighted by Gasteiger charge is 2.48. The first kappa shape index (κ1) is 13.9. The number of carboxylic acid groups (broad SMARTS) is 1. The SMILES string of the molecule is C[C@@]12C=CC[C@H]1[C@@H]1CCc3cc(C(=O)O)c(O)cc3[C@H]1CC2. The average Bonchev–Trinajstić information content (AvgIpc) is 2.88. The fraction of sp³-hybridized carbons (Fsp3) is 0.526. The van der Waals surface area contributed by atoms with Gasteiger partial charge in [0.2, 0.25) is 0 Å². The van der Waals surface area contributed by atoms with Crippen LogP contribution in [0, 0.1) is 17.3 Å². The van der Waals surface area contributed by atoms with Gasteiger partial charge in [-0.3, -0.25) is 0 Å².